The lowest BCUT2D eigenvalue weighted by Gasteiger charge is -2.08. The van der Waals surface area contributed by atoms with Crippen molar-refractivity contribution >= 4 is 5.84 Å². The van der Waals surface area contributed by atoms with E-state index in [0.717, 1.165) is 11.1 Å². The van der Waals surface area contributed by atoms with Crippen LogP contribution < -0.4 is 10.5 Å². The van der Waals surface area contributed by atoms with E-state index >= 15 is 0 Å². The number of rotatable bonds is 3. The maximum absolute atomic E-state index is 7.41. The predicted octanol–water partition coefficient (Wildman–Crippen LogP) is 2.48. The van der Waals surface area contributed by atoms with Gasteiger partial charge in [0.05, 0.1) is 0 Å². The molecule has 1 aromatic carbocycles. The Labute approximate surface area is 112 Å². The van der Waals surface area contributed by atoms with Crippen molar-refractivity contribution in [3.8, 4) is 11.8 Å². The van der Waals surface area contributed by atoms with Crippen LogP contribution in [0.25, 0.3) is 0 Å². The van der Waals surface area contributed by atoms with Crippen LogP contribution in [0.15, 0.2) is 24.3 Å². The molecule has 0 bridgehead atoms. The first-order chi connectivity index (χ1) is 8.94. The van der Waals surface area contributed by atoms with Gasteiger partial charge in [0.1, 0.15) is 17.3 Å². The SMILES string of the molecule is Cc1cc(C)cc(Oc2nc(C)cc(C(=N)N)n2)c1. The van der Waals surface area contributed by atoms with Gasteiger partial charge >= 0.3 is 6.01 Å². The summed E-state index contributed by atoms with van der Waals surface area (Å²) in [7, 11) is 0. The lowest BCUT2D eigenvalue weighted by atomic mass is 10.1. The standard InChI is InChI=1S/C14H16N4O/c1-8-4-9(2)6-11(5-8)19-14-17-10(3)7-12(18-14)13(15)16/h4-7H,1-3H3,(H3,15,16). The van der Waals surface area contributed by atoms with Crippen molar-refractivity contribution in [2.24, 2.45) is 5.73 Å². The van der Waals surface area contributed by atoms with Crippen molar-refractivity contribution in [1.29, 1.82) is 5.41 Å². The molecule has 0 fully saturated rings. The molecule has 0 unspecified atom stereocenters. The smallest absolute Gasteiger partial charge is 0.322 e. The summed E-state index contributed by atoms with van der Waals surface area (Å²) >= 11 is 0. The molecule has 0 radical (unpaired) electrons. The number of nitrogens with two attached hydrogens (primary N) is 1. The van der Waals surface area contributed by atoms with Crippen LogP contribution in [-0.2, 0) is 0 Å². The molecule has 98 valence electrons. The van der Waals surface area contributed by atoms with E-state index in [2.05, 4.69) is 16.0 Å². The topological polar surface area (TPSA) is 84.9 Å². The van der Waals surface area contributed by atoms with Crippen LogP contribution in [0.3, 0.4) is 0 Å². The lowest BCUT2D eigenvalue weighted by molar-refractivity contribution is 0.439. The van der Waals surface area contributed by atoms with E-state index in [-0.39, 0.29) is 11.8 Å². The van der Waals surface area contributed by atoms with Crippen LogP contribution in [0.1, 0.15) is 22.5 Å². The van der Waals surface area contributed by atoms with Gasteiger partial charge in [-0.05, 0) is 50.1 Å². The summed E-state index contributed by atoms with van der Waals surface area (Å²) in [5.74, 6) is 0.577. The van der Waals surface area contributed by atoms with Crippen LogP contribution in [0, 0.1) is 26.2 Å². The second-order valence-corrected chi connectivity index (χ2v) is 4.52. The number of amidine groups is 1. The van der Waals surface area contributed by atoms with Gasteiger partial charge in [-0.15, -0.1) is 0 Å². The zero-order valence-corrected chi connectivity index (χ0v) is 11.2. The normalized spacial score (nSPS) is 10.3. The van der Waals surface area contributed by atoms with E-state index in [1.807, 2.05) is 32.9 Å². The zero-order valence-electron chi connectivity index (χ0n) is 11.2. The van der Waals surface area contributed by atoms with Gasteiger partial charge in [0, 0.05) is 5.69 Å². The maximum atomic E-state index is 7.41. The van der Waals surface area contributed by atoms with E-state index in [9.17, 15) is 0 Å². The van der Waals surface area contributed by atoms with Crippen molar-refractivity contribution in [2.45, 2.75) is 20.8 Å². The highest BCUT2D eigenvalue weighted by atomic mass is 16.5. The third kappa shape index (κ3) is 3.28. The number of nitrogens with zero attached hydrogens (tertiary/aromatic N) is 2. The maximum Gasteiger partial charge on any atom is 0.322 e. The van der Waals surface area contributed by atoms with Crippen LogP contribution >= 0.6 is 0 Å². The fraction of sp³-hybridized carbons (Fsp3) is 0.214. The van der Waals surface area contributed by atoms with Gasteiger partial charge in [-0.1, -0.05) is 6.07 Å². The Morgan fingerprint density at radius 2 is 1.68 bits per heavy atom. The first-order valence-electron chi connectivity index (χ1n) is 5.90. The van der Waals surface area contributed by atoms with E-state index in [1.54, 1.807) is 6.07 Å². The summed E-state index contributed by atoms with van der Waals surface area (Å²) in [6, 6.07) is 7.73. The number of ether oxygens (including phenoxy) is 1. The first kappa shape index (κ1) is 13.0. The highest BCUT2D eigenvalue weighted by molar-refractivity contribution is 5.93. The Morgan fingerprint density at radius 3 is 2.26 bits per heavy atom. The van der Waals surface area contributed by atoms with Crippen LogP contribution in [0.5, 0.6) is 11.8 Å². The number of hydrogen-bond acceptors (Lipinski definition) is 4. The fourth-order valence-electron chi connectivity index (χ4n) is 1.82. The predicted molar refractivity (Wildman–Crippen MR) is 73.8 cm³/mol. The van der Waals surface area contributed by atoms with Gasteiger partial charge in [0.15, 0.2) is 0 Å². The minimum absolute atomic E-state index is 0.101. The molecule has 0 atom stereocenters. The molecule has 19 heavy (non-hydrogen) atoms. The number of nitrogens with one attached hydrogen (secondary N) is 1. The number of nitrogen functional groups attached to an aromatic ring is 1. The molecule has 1 aromatic heterocycles. The Bertz CT molecular complexity index is 617. The summed E-state index contributed by atoms with van der Waals surface area (Å²) in [5.41, 5.74) is 8.72. The molecule has 3 N–H and O–H groups in total. The van der Waals surface area contributed by atoms with Crippen LogP contribution in [0.4, 0.5) is 0 Å². The molecule has 0 saturated carbocycles. The van der Waals surface area contributed by atoms with Gasteiger partial charge in [0.25, 0.3) is 0 Å². The summed E-state index contributed by atoms with van der Waals surface area (Å²) in [6.45, 7) is 5.80. The Kier molecular flexibility index (Phi) is 3.46. The molecule has 0 aliphatic carbocycles. The molecule has 0 aliphatic heterocycles. The van der Waals surface area contributed by atoms with Gasteiger partial charge in [0.2, 0.25) is 0 Å². The number of hydrogen-bond donors (Lipinski definition) is 2. The molecule has 5 heteroatoms. The third-order valence-corrected chi connectivity index (χ3v) is 2.51. The average molecular weight is 256 g/mol. The Morgan fingerprint density at radius 1 is 1.05 bits per heavy atom. The number of aryl methyl sites for hydroxylation is 3. The van der Waals surface area contributed by atoms with Crippen molar-refractivity contribution in [3.63, 3.8) is 0 Å². The number of benzene rings is 1. The molecule has 0 amide bonds. The van der Waals surface area contributed by atoms with Gasteiger partial charge in [-0.2, -0.15) is 4.98 Å². The van der Waals surface area contributed by atoms with Crippen molar-refractivity contribution in [1.82, 2.24) is 9.97 Å². The quantitative estimate of drug-likeness (QED) is 0.652. The van der Waals surface area contributed by atoms with Gasteiger partial charge < -0.3 is 10.5 Å². The van der Waals surface area contributed by atoms with E-state index in [0.29, 0.717) is 17.1 Å². The third-order valence-electron chi connectivity index (χ3n) is 2.51. The molecule has 2 aromatic rings. The average Bonchev–Trinajstić information content (AvgIpc) is 2.26. The minimum Gasteiger partial charge on any atom is -0.424 e. The molecular formula is C14H16N4O. The largest absolute Gasteiger partial charge is 0.424 e. The number of aromatic nitrogens is 2. The van der Waals surface area contributed by atoms with E-state index in [1.165, 1.54) is 0 Å². The highest BCUT2D eigenvalue weighted by Crippen LogP contribution is 2.21. The molecule has 0 saturated heterocycles. The summed E-state index contributed by atoms with van der Waals surface area (Å²) < 4.78 is 5.64. The van der Waals surface area contributed by atoms with Crippen molar-refractivity contribution in [3.05, 3.63) is 46.8 Å². The van der Waals surface area contributed by atoms with E-state index in [4.69, 9.17) is 15.9 Å². The summed E-state index contributed by atoms with van der Waals surface area (Å²) in [4.78, 5) is 8.29. The van der Waals surface area contributed by atoms with Crippen LogP contribution in [-0.4, -0.2) is 15.8 Å². The summed E-state index contributed by atoms with van der Waals surface area (Å²) in [5, 5.41) is 7.41. The highest BCUT2D eigenvalue weighted by Gasteiger charge is 2.07. The molecule has 1 heterocycles. The second kappa shape index (κ2) is 5.06. The molecule has 0 spiro atoms. The van der Waals surface area contributed by atoms with Crippen molar-refractivity contribution < 1.29 is 4.74 Å². The fourth-order valence-corrected chi connectivity index (χ4v) is 1.82. The molecule has 2 rings (SSSR count). The van der Waals surface area contributed by atoms with Gasteiger partial charge in [-0.3, -0.25) is 5.41 Å². The van der Waals surface area contributed by atoms with Gasteiger partial charge in [-0.25, -0.2) is 4.98 Å². The van der Waals surface area contributed by atoms with E-state index < -0.39 is 0 Å². The zero-order chi connectivity index (χ0) is 14.0. The van der Waals surface area contributed by atoms with Crippen LogP contribution in [0.2, 0.25) is 0 Å². The molecule has 5 nitrogen and oxygen atoms in total. The Balaban J connectivity index is 2.35. The lowest BCUT2D eigenvalue weighted by Crippen LogP contribution is -2.14. The second-order valence-electron chi connectivity index (χ2n) is 4.52. The minimum atomic E-state index is -0.101. The summed E-state index contributed by atoms with van der Waals surface area (Å²) in [6.07, 6.45) is 0. The Hall–Kier alpha value is -2.43. The molecular weight excluding hydrogens is 240 g/mol. The molecule has 0 aliphatic rings. The first-order valence-corrected chi connectivity index (χ1v) is 5.90. The van der Waals surface area contributed by atoms with Crippen molar-refractivity contribution in [2.75, 3.05) is 0 Å². The monoisotopic (exact) mass is 256 g/mol.